The van der Waals surface area contributed by atoms with Crippen LogP contribution in [0, 0.1) is 0 Å². The van der Waals surface area contributed by atoms with Crippen molar-refractivity contribution in [1.82, 2.24) is 0 Å². The first-order valence-corrected chi connectivity index (χ1v) is 10.8. The summed E-state index contributed by atoms with van der Waals surface area (Å²) in [6, 6.07) is 18.6. The van der Waals surface area contributed by atoms with Gasteiger partial charge in [0.05, 0.1) is 35.1 Å². The number of amides is 2. The first kappa shape index (κ1) is 24.2. The maximum absolute atomic E-state index is 13.1. The minimum atomic E-state index is -0.638. The number of methoxy groups -OCH3 is 1. The van der Waals surface area contributed by atoms with Gasteiger partial charge in [-0.15, -0.1) is 0 Å². The molecule has 0 bridgehead atoms. The maximum Gasteiger partial charge on any atom is 0.261 e. The topological polar surface area (TPSA) is 76.7 Å². The molecule has 0 atom stereocenters. The first-order valence-electron chi connectivity index (χ1n) is 10.1. The van der Waals surface area contributed by atoms with Crippen LogP contribution < -0.4 is 20.1 Å². The number of anilines is 2. The Morgan fingerprint density at radius 3 is 1.88 bits per heavy atom. The van der Waals surface area contributed by atoms with E-state index in [1.54, 1.807) is 66.7 Å². The third kappa shape index (κ3) is 6.28. The number of carbonyl (C=O) groups is 2. The van der Waals surface area contributed by atoms with Gasteiger partial charge in [0, 0.05) is 0 Å². The largest absolute Gasteiger partial charge is 0.493 e. The van der Waals surface area contributed by atoms with Gasteiger partial charge >= 0.3 is 0 Å². The van der Waals surface area contributed by atoms with Gasteiger partial charge in [0.15, 0.2) is 11.5 Å². The van der Waals surface area contributed by atoms with Gasteiger partial charge in [-0.2, -0.15) is 0 Å². The summed E-state index contributed by atoms with van der Waals surface area (Å²) in [6.45, 7) is 2.28. The van der Waals surface area contributed by atoms with Crippen LogP contribution in [0.25, 0.3) is 6.08 Å². The van der Waals surface area contributed by atoms with E-state index in [1.165, 1.54) is 13.2 Å². The van der Waals surface area contributed by atoms with Crippen molar-refractivity contribution in [2.75, 3.05) is 24.4 Å². The fourth-order valence-corrected chi connectivity index (χ4v) is 3.32. The summed E-state index contributed by atoms with van der Waals surface area (Å²) < 4.78 is 10.9. The van der Waals surface area contributed by atoms with Gasteiger partial charge < -0.3 is 20.1 Å². The fourth-order valence-electron chi connectivity index (χ4n) is 2.96. The van der Waals surface area contributed by atoms with Crippen LogP contribution in [-0.4, -0.2) is 25.5 Å². The van der Waals surface area contributed by atoms with E-state index in [4.69, 9.17) is 32.7 Å². The average molecular weight is 485 g/mol. The second-order valence-electron chi connectivity index (χ2n) is 6.77. The normalized spacial score (nSPS) is 10.2. The Kier molecular flexibility index (Phi) is 8.35. The molecule has 170 valence electrons. The molecule has 0 heterocycles. The van der Waals surface area contributed by atoms with Crippen LogP contribution >= 0.6 is 23.2 Å². The van der Waals surface area contributed by atoms with E-state index in [2.05, 4.69) is 10.6 Å². The smallest absolute Gasteiger partial charge is 0.261 e. The van der Waals surface area contributed by atoms with Crippen molar-refractivity contribution >= 4 is 52.5 Å². The van der Waals surface area contributed by atoms with E-state index in [1.807, 2.05) is 6.92 Å². The van der Waals surface area contributed by atoms with E-state index in [0.29, 0.717) is 45.1 Å². The van der Waals surface area contributed by atoms with Crippen molar-refractivity contribution < 1.29 is 19.1 Å². The zero-order valence-electron chi connectivity index (χ0n) is 18.0. The summed E-state index contributed by atoms with van der Waals surface area (Å²) in [5.41, 5.74) is 1.18. The molecule has 0 spiro atoms. The third-order valence-corrected chi connectivity index (χ3v) is 5.19. The highest BCUT2D eigenvalue weighted by molar-refractivity contribution is 6.36. The van der Waals surface area contributed by atoms with Crippen LogP contribution in [0.3, 0.4) is 0 Å². The number of carbonyl (C=O) groups excluding carboxylic acids is 2. The summed E-state index contributed by atoms with van der Waals surface area (Å²) in [5.74, 6) is -0.245. The van der Waals surface area contributed by atoms with Crippen LogP contribution in [0.15, 0.2) is 72.3 Å². The molecule has 8 heteroatoms. The standard InChI is InChI=1S/C25H22Cl2N2O4/c1-3-33-23-15-16(12-13-22(23)32-2)14-17(24(30)28-20-10-6-4-8-18(20)26)25(31)29-21-11-7-5-9-19(21)27/h4-15H,3H2,1-2H3,(H,28,30)(H,29,31). The van der Waals surface area contributed by atoms with Gasteiger partial charge in [-0.25, -0.2) is 0 Å². The molecule has 0 radical (unpaired) electrons. The summed E-state index contributed by atoms with van der Waals surface area (Å²) in [6.07, 6.45) is 1.46. The van der Waals surface area contributed by atoms with E-state index < -0.39 is 11.8 Å². The molecule has 2 N–H and O–H groups in total. The molecule has 2 amide bonds. The Balaban J connectivity index is 1.99. The monoisotopic (exact) mass is 484 g/mol. The zero-order valence-corrected chi connectivity index (χ0v) is 19.5. The van der Waals surface area contributed by atoms with Gasteiger partial charge in [0.2, 0.25) is 0 Å². The molecule has 0 saturated heterocycles. The minimum absolute atomic E-state index is 0.151. The molecule has 6 nitrogen and oxygen atoms in total. The zero-order chi connectivity index (χ0) is 23.8. The number of rotatable bonds is 8. The predicted octanol–water partition coefficient (Wildman–Crippen LogP) is 6.06. The van der Waals surface area contributed by atoms with Crippen LogP contribution in [0.2, 0.25) is 10.0 Å². The Morgan fingerprint density at radius 1 is 0.848 bits per heavy atom. The molecule has 0 aliphatic carbocycles. The third-order valence-electron chi connectivity index (χ3n) is 4.53. The van der Waals surface area contributed by atoms with Crippen molar-refractivity contribution in [3.63, 3.8) is 0 Å². The van der Waals surface area contributed by atoms with Crippen LogP contribution in [0.4, 0.5) is 11.4 Å². The molecule has 0 aliphatic heterocycles. The molecule has 3 aromatic carbocycles. The average Bonchev–Trinajstić information content (AvgIpc) is 2.80. The molecule has 0 unspecified atom stereocenters. The molecular formula is C25H22Cl2N2O4. The lowest BCUT2D eigenvalue weighted by Gasteiger charge is -2.13. The van der Waals surface area contributed by atoms with Crippen LogP contribution in [0.1, 0.15) is 12.5 Å². The lowest BCUT2D eigenvalue weighted by atomic mass is 10.1. The van der Waals surface area contributed by atoms with Gasteiger partial charge in [0.25, 0.3) is 11.8 Å². The highest BCUT2D eigenvalue weighted by Gasteiger charge is 2.21. The van der Waals surface area contributed by atoms with E-state index >= 15 is 0 Å². The van der Waals surface area contributed by atoms with Crippen LogP contribution in [-0.2, 0) is 9.59 Å². The Labute approximate surface area is 202 Å². The Hall–Kier alpha value is -3.48. The number of hydrogen-bond acceptors (Lipinski definition) is 4. The molecule has 3 rings (SSSR count). The highest BCUT2D eigenvalue weighted by atomic mass is 35.5. The van der Waals surface area contributed by atoms with E-state index in [-0.39, 0.29) is 5.57 Å². The minimum Gasteiger partial charge on any atom is -0.493 e. The van der Waals surface area contributed by atoms with Gasteiger partial charge in [-0.3, -0.25) is 9.59 Å². The Bertz CT molecular complexity index is 1130. The first-order chi connectivity index (χ1) is 15.9. The summed E-state index contributed by atoms with van der Waals surface area (Å²) in [7, 11) is 1.53. The van der Waals surface area contributed by atoms with E-state index in [0.717, 1.165) is 0 Å². The number of halogens is 2. The van der Waals surface area contributed by atoms with Crippen molar-refractivity contribution in [3.05, 3.63) is 87.9 Å². The van der Waals surface area contributed by atoms with Crippen molar-refractivity contribution in [1.29, 1.82) is 0 Å². The Morgan fingerprint density at radius 2 is 1.39 bits per heavy atom. The van der Waals surface area contributed by atoms with Crippen molar-refractivity contribution in [2.24, 2.45) is 0 Å². The second-order valence-corrected chi connectivity index (χ2v) is 7.58. The van der Waals surface area contributed by atoms with Gasteiger partial charge in [-0.05, 0) is 55.0 Å². The molecule has 0 aliphatic rings. The molecular weight excluding hydrogens is 463 g/mol. The number of benzene rings is 3. The highest BCUT2D eigenvalue weighted by Crippen LogP contribution is 2.30. The summed E-state index contributed by atoms with van der Waals surface area (Å²) >= 11 is 12.3. The number of ether oxygens (including phenoxy) is 2. The summed E-state index contributed by atoms with van der Waals surface area (Å²) in [4.78, 5) is 26.3. The van der Waals surface area contributed by atoms with Gasteiger partial charge in [0.1, 0.15) is 5.57 Å². The van der Waals surface area contributed by atoms with Crippen molar-refractivity contribution in [3.8, 4) is 11.5 Å². The lowest BCUT2D eigenvalue weighted by Crippen LogP contribution is -2.25. The molecule has 3 aromatic rings. The number of nitrogens with one attached hydrogen (secondary N) is 2. The van der Waals surface area contributed by atoms with E-state index in [9.17, 15) is 9.59 Å². The fraction of sp³-hybridized carbons (Fsp3) is 0.120. The van der Waals surface area contributed by atoms with Crippen molar-refractivity contribution in [2.45, 2.75) is 6.92 Å². The molecule has 0 fully saturated rings. The number of hydrogen-bond donors (Lipinski definition) is 2. The summed E-state index contributed by atoms with van der Waals surface area (Å²) in [5, 5.41) is 6.06. The molecule has 0 saturated carbocycles. The second kappa shape index (κ2) is 11.4. The predicted molar refractivity (Wildman–Crippen MR) is 132 cm³/mol. The maximum atomic E-state index is 13.1. The quantitative estimate of drug-likeness (QED) is 0.231. The SMILES string of the molecule is CCOc1cc(C=C(C(=O)Nc2ccccc2Cl)C(=O)Nc2ccccc2Cl)ccc1OC. The number of para-hydroxylation sites is 2. The van der Waals surface area contributed by atoms with Crippen LogP contribution in [0.5, 0.6) is 11.5 Å². The lowest BCUT2D eigenvalue weighted by molar-refractivity contribution is -0.118. The van der Waals surface area contributed by atoms with Gasteiger partial charge in [-0.1, -0.05) is 53.5 Å². The molecule has 33 heavy (non-hydrogen) atoms. The molecule has 0 aromatic heterocycles.